The highest BCUT2D eigenvalue weighted by Gasteiger charge is 2.19. The molecule has 1 aromatic carbocycles. The number of benzene rings is 1. The lowest BCUT2D eigenvalue weighted by Gasteiger charge is -2.02. The number of amides is 1. The maximum Gasteiger partial charge on any atom is 0.325 e. The summed E-state index contributed by atoms with van der Waals surface area (Å²) in [6.07, 6.45) is 1.14. The van der Waals surface area contributed by atoms with E-state index in [-0.39, 0.29) is 10.6 Å². The monoisotopic (exact) mass is 367 g/mol. The standard InChI is InChI=1S/C17H13N5O3S/c1-7-2-3-10-8(4-7)5-9-12(18)13(26-16(9)21-10)15(24)20-11-6-19-17(25)22-14(11)23/h2-6H,18H2,1H3,(H,20,24)(H2,19,22,23,25). The molecule has 0 atom stereocenters. The molecule has 26 heavy (non-hydrogen) atoms. The number of hydrogen-bond acceptors (Lipinski definition) is 6. The number of rotatable bonds is 2. The first kappa shape index (κ1) is 16.0. The largest absolute Gasteiger partial charge is 0.397 e. The number of aromatic amines is 2. The third kappa shape index (κ3) is 2.64. The molecule has 9 heteroatoms. The van der Waals surface area contributed by atoms with Gasteiger partial charge >= 0.3 is 5.69 Å². The van der Waals surface area contributed by atoms with Gasteiger partial charge in [-0.05, 0) is 25.1 Å². The number of fused-ring (bicyclic) bond motifs is 2. The van der Waals surface area contributed by atoms with Gasteiger partial charge in [-0.3, -0.25) is 14.6 Å². The zero-order valence-corrected chi connectivity index (χ0v) is 14.4. The number of nitrogens with two attached hydrogens (primary N) is 1. The van der Waals surface area contributed by atoms with Crippen molar-refractivity contribution in [2.75, 3.05) is 11.1 Å². The van der Waals surface area contributed by atoms with E-state index < -0.39 is 17.2 Å². The van der Waals surface area contributed by atoms with E-state index in [9.17, 15) is 14.4 Å². The summed E-state index contributed by atoms with van der Waals surface area (Å²) in [7, 11) is 0. The summed E-state index contributed by atoms with van der Waals surface area (Å²) in [5, 5.41) is 4.08. The molecular formula is C17H13N5O3S. The van der Waals surface area contributed by atoms with Gasteiger partial charge in [0.15, 0.2) is 0 Å². The molecule has 3 heterocycles. The van der Waals surface area contributed by atoms with Crippen LogP contribution in [-0.4, -0.2) is 20.9 Å². The minimum atomic E-state index is -0.693. The number of hydrogen-bond donors (Lipinski definition) is 4. The van der Waals surface area contributed by atoms with E-state index in [4.69, 9.17) is 5.73 Å². The number of carbonyl (C=O) groups is 1. The summed E-state index contributed by atoms with van der Waals surface area (Å²) in [4.78, 5) is 45.1. The predicted octanol–water partition coefficient (Wildman–Crippen LogP) is 1.97. The Bertz CT molecular complexity index is 1300. The summed E-state index contributed by atoms with van der Waals surface area (Å²) >= 11 is 1.15. The van der Waals surface area contributed by atoms with Gasteiger partial charge in [0.25, 0.3) is 11.5 Å². The fourth-order valence-electron chi connectivity index (χ4n) is 2.67. The predicted molar refractivity (Wildman–Crippen MR) is 102 cm³/mol. The third-order valence-electron chi connectivity index (χ3n) is 3.94. The Morgan fingerprint density at radius 2 is 2.08 bits per heavy atom. The van der Waals surface area contributed by atoms with Crippen LogP contribution in [0.5, 0.6) is 0 Å². The molecule has 0 aliphatic rings. The zero-order chi connectivity index (χ0) is 18.4. The number of H-pyrrole nitrogens is 2. The van der Waals surface area contributed by atoms with Crippen LogP contribution in [0, 0.1) is 6.92 Å². The van der Waals surface area contributed by atoms with Gasteiger partial charge < -0.3 is 16.0 Å². The number of aryl methyl sites for hydroxylation is 1. The first-order chi connectivity index (χ1) is 12.4. The van der Waals surface area contributed by atoms with Crippen LogP contribution >= 0.6 is 11.3 Å². The molecular weight excluding hydrogens is 354 g/mol. The number of aromatic nitrogens is 3. The fourth-order valence-corrected chi connectivity index (χ4v) is 3.65. The highest BCUT2D eigenvalue weighted by molar-refractivity contribution is 7.21. The number of nitrogens with one attached hydrogen (secondary N) is 3. The topological polar surface area (TPSA) is 134 Å². The lowest BCUT2D eigenvalue weighted by Crippen LogP contribution is -2.26. The van der Waals surface area contributed by atoms with Crippen molar-refractivity contribution >= 4 is 49.7 Å². The van der Waals surface area contributed by atoms with E-state index in [1.165, 1.54) is 0 Å². The molecule has 0 fully saturated rings. The Kier molecular flexibility index (Phi) is 3.58. The minimum Gasteiger partial charge on any atom is -0.397 e. The number of nitrogen functional groups attached to an aromatic ring is 1. The molecule has 0 radical (unpaired) electrons. The number of nitrogens with zero attached hydrogens (tertiary/aromatic N) is 1. The normalized spacial score (nSPS) is 11.1. The van der Waals surface area contributed by atoms with E-state index in [1.807, 2.05) is 36.2 Å². The summed E-state index contributed by atoms with van der Waals surface area (Å²) in [5.74, 6) is -0.539. The number of anilines is 2. The highest BCUT2D eigenvalue weighted by Crippen LogP contribution is 2.35. The van der Waals surface area contributed by atoms with Crippen LogP contribution in [0.4, 0.5) is 11.4 Å². The number of thiophene rings is 1. The molecule has 3 aromatic heterocycles. The smallest absolute Gasteiger partial charge is 0.325 e. The van der Waals surface area contributed by atoms with Crippen LogP contribution < -0.4 is 22.3 Å². The average Bonchev–Trinajstić information content (AvgIpc) is 2.92. The van der Waals surface area contributed by atoms with Gasteiger partial charge in [-0.1, -0.05) is 11.6 Å². The van der Waals surface area contributed by atoms with Crippen LogP contribution in [0.2, 0.25) is 0 Å². The summed E-state index contributed by atoms with van der Waals surface area (Å²) in [5.41, 5.74) is 6.95. The maximum absolute atomic E-state index is 12.5. The second kappa shape index (κ2) is 5.81. The van der Waals surface area contributed by atoms with Gasteiger partial charge in [-0.2, -0.15) is 0 Å². The summed E-state index contributed by atoms with van der Waals surface area (Å²) < 4.78 is 0. The molecule has 0 saturated heterocycles. The van der Waals surface area contributed by atoms with Crippen molar-refractivity contribution in [2.24, 2.45) is 0 Å². The van der Waals surface area contributed by atoms with Gasteiger partial charge in [0.05, 0.1) is 11.2 Å². The number of pyridine rings is 1. The first-order valence-corrected chi connectivity index (χ1v) is 8.47. The second-order valence-electron chi connectivity index (χ2n) is 5.82. The van der Waals surface area contributed by atoms with Crippen molar-refractivity contribution in [3.63, 3.8) is 0 Å². The van der Waals surface area contributed by atoms with Crippen LogP contribution in [0.1, 0.15) is 15.2 Å². The van der Waals surface area contributed by atoms with E-state index in [0.29, 0.717) is 15.9 Å². The molecule has 0 saturated carbocycles. The van der Waals surface area contributed by atoms with Crippen LogP contribution in [0.3, 0.4) is 0 Å². The Morgan fingerprint density at radius 1 is 1.27 bits per heavy atom. The van der Waals surface area contributed by atoms with Crippen LogP contribution in [0.25, 0.3) is 21.1 Å². The van der Waals surface area contributed by atoms with Gasteiger partial charge in [0, 0.05) is 17.0 Å². The Hall–Kier alpha value is -3.46. The minimum absolute atomic E-state index is 0.0693. The van der Waals surface area contributed by atoms with Crippen LogP contribution in [0.15, 0.2) is 40.1 Å². The average molecular weight is 367 g/mol. The van der Waals surface area contributed by atoms with E-state index in [2.05, 4.69) is 15.3 Å². The Labute approximate surface area is 149 Å². The van der Waals surface area contributed by atoms with Crippen molar-refractivity contribution in [3.8, 4) is 0 Å². The molecule has 0 unspecified atom stereocenters. The van der Waals surface area contributed by atoms with E-state index in [0.717, 1.165) is 34.0 Å². The quantitative estimate of drug-likeness (QED) is 0.430. The summed E-state index contributed by atoms with van der Waals surface area (Å²) in [6.45, 7) is 1.99. The van der Waals surface area contributed by atoms with E-state index >= 15 is 0 Å². The second-order valence-corrected chi connectivity index (χ2v) is 6.82. The number of carbonyl (C=O) groups excluding carboxylic acids is 1. The highest BCUT2D eigenvalue weighted by atomic mass is 32.1. The Morgan fingerprint density at radius 3 is 2.85 bits per heavy atom. The molecule has 0 aliphatic heterocycles. The van der Waals surface area contributed by atoms with E-state index in [1.54, 1.807) is 0 Å². The molecule has 0 bridgehead atoms. The molecule has 4 aromatic rings. The summed E-state index contributed by atoms with van der Waals surface area (Å²) in [6, 6.07) is 7.78. The maximum atomic E-state index is 12.5. The SMILES string of the molecule is Cc1ccc2nc3sc(C(=O)Nc4c[nH]c(=O)[nH]c4=O)c(N)c3cc2c1. The third-order valence-corrected chi connectivity index (χ3v) is 5.06. The zero-order valence-electron chi connectivity index (χ0n) is 13.5. The molecule has 1 amide bonds. The van der Waals surface area contributed by atoms with Gasteiger partial charge in [-0.25, -0.2) is 9.78 Å². The lowest BCUT2D eigenvalue weighted by atomic mass is 10.1. The van der Waals surface area contributed by atoms with Gasteiger partial charge in [-0.15, -0.1) is 11.3 Å². The fraction of sp³-hybridized carbons (Fsp3) is 0.0588. The van der Waals surface area contributed by atoms with Crippen molar-refractivity contribution in [1.82, 2.24) is 15.0 Å². The van der Waals surface area contributed by atoms with Crippen molar-refractivity contribution in [1.29, 1.82) is 0 Å². The van der Waals surface area contributed by atoms with Crippen molar-refractivity contribution in [2.45, 2.75) is 6.92 Å². The van der Waals surface area contributed by atoms with Crippen molar-refractivity contribution in [3.05, 3.63) is 61.7 Å². The molecule has 5 N–H and O–H groups in total. The Balaban J connectivity index is 1.79. The first-order valence-electron chi connectivity index (χ1n) is 7.65. The van der Waals surface area contributed by atoms with Crippen molar-refractivity contribution < 1.29 is 4.79 Å². The van der Waals surface area contributed by atoms with Crippen LogP contribution in [-0.2, 0) is 0 Å². The molecule has 0 spiro atoms. The lowest BCUT2D eigenvalue weighted by molar-refractivity contribution is 0.103. The van der Waals surface area contributed by atoms with Gasteiger partial charge in [0.1, 0.15) is 15.4 Å². The molecule has 130 valence electrons. The molecule has 8 nitrogen and oxygen atoms in total. The molecule has 0 aliphatic carbocycles. The molecule has 4 rings (SSSR count). The van der Waals surface area contributed by atoms with Gasteiger partial charge in [0.2, 0.25) is 0 Å².